The third kappa shape index (κ3) is 2.36. The second kappa shape index (κ2) is 5.89. The largest absolute Gasteiger partial charge is 0.341 e. The molecule has 1 aliphatic rings. The van der Waals surface area contributed by atoms with Crippen molar-refractivity contribution in [3.05, 3.63) is 36.3 Å². The normalized spacial score (nSPS) is 18.0. The number of pyridine rings is 1. The third-order valence-corrected chi connectivity index (χ3v) is 4.63. The second-order valence-corrected chi connectivity index (χ2v) is 6.02. The van der Waals surface area contributed by atoms with Gasteiger partial charge in [0, 0.05) is 30.6 Å². The van der Waals surface area contributed by atoms with E-state index in [2.05, 4.69) is 15.2 Å². The van der Waals surface area contributed by atoms with Crippen molar-refractivity contribution in [2.45, 2.75) is 25.2 Å². The summed E-state index contributed by atoms with van der Waals surface area (Å²) in [4.78, 5) is 18.3. The monoisotopic (exact) mass is 320 g/mol. The highest BCUT2D eigenvalue weighted by atomic mass is 16.2. The minimum atomic E-state index is -0.0864. The van der Waals surface area contributed by atoms with E-state index in [1.54, 1.807) is 28.1 Å². The van der Waals surface area contributed by atoms with Gasteiger partial charge in [0.1, 0.15) is 6.42 Å². The van der Waals surface area contributed by atoms with Gasteiger partial charge < -0.3 is 4.90 Å². The molecule has 7 heteroatoms. The molecule has 4 rings (SSSR count). The van der Waals surface area contributed by atoms with E-state index in [-0.39, 0.29) is 18.2 Å². The number of hydrogen-bond donors (Lipinski definition) is 0. The van der Waals surface area contributed by atoms with Crippen LogP contribution in [-0.2, 0) is 4.79 Å². The number of fused-ring (bicyclic) bond motifs is 3. The van der Waals surface area contributed by atoms with Crippen LogP contribution in [0.5, 0.6) is 0 Å². The first-order valence-electron chi connectivity index (χ1n) is 8.00. The zero-order chi connectivity index (χ0) is 16.5. The van der Waals surface area contributed by atoms with Crippen LogP contribution < -0.4 is 0 Å². The van der Waals surface area contributed by atoms with E-state index in [1.807, 2.05) is 18.2 Å². The van der Waals surface area contributed by atoms with Gasteiger partial charge in [0.2, 0.25) is 5.91 Å². The van der Waals surface area contributed by atoms with E-state index in [1.165, 1.54) is 5.56 Å². The zero-order valence-electron chi connectivity index (χ0n) is 13.1. The Kier molecular flexibility index (Phi) is 3.58. The number of nitriles is 1. The quantitative estimate of drug-likeness (QED) is 0.719. The van der Waals surface area contributed by atoms with E-state index in [0.717, 1.165) is 35.8 Å². The molecule has 0 aliphatic carbocycles. The van der Waals surface area contributed by atoms with Crippen LogP contribution in [0.2, 0.25) is 0 Å². The molecule has 1 saturated heterocycles. The van der Waals surface area contributed by atoms with Gasteiger partial charge in [-0.3, -0.25) is 9.78 Å². The number of carbonyl (C=O) groups excluding carboxylic acids is 1. The molecule has 120 valence electrons. The first kappa shape index (κ1) is 14.6. The van der Waals surface area contributed by atoms with Gasteiger partial charge in [-0.1, -0.05) is 0 Å². The molecule has 0 radical (unpaired) electrons. The van der Waals surface area contributed by atoms with Gasteiger partial charge >= 0.3 is 0 Å². The Bertz CT molecular complexity index is 957. The fraction of sp³-hybridized carbons (Fsp3) is 0.353. The zero-order valence-corrected chi connectivity index (χ0v) is 13.1. The predicted molar refractivity (Wildman–Crippen MR) is 87.1 cm³/mol. The van der Waals surface area contributed by atoms with Crippen molar-refractivity contribution in [2.24, 2.45) is 0 Å². The Morgan fingerprint density at radius 1 is 1.33 bits per heavy atom. The molecule has 1 aliphatic heterocycles. The lowest BCUT2D eigenvalue weighted by molar-refractivity contribution is -0.131. The average molecular weight is 320 g/mol. The SMILES string of the molecule is N#CCC(=O)N1CCCC(c2ccnc3cnn4nccc4c23)C1. The maximum absolute atomic E-state index is 12.1. The van der Waals surface area contributed by atoms with Crippen LogP contribution in [-0.4, -0.2) is 43.7 Å². The molecule has 0 saturated carbocycles. The average Bonchev–Trinajstić information content (AvgIpc) is 3.10. The molecule has 3 aromatic heterocycles. The molecule has 1 amide bonds. The molecular formula is C17H16N6O. The molecular weight excluding hydrogens is 304 g/mol. The van der Waals surface area contributed by atoms with Crippen LogP contribution in [0.25, 0.3) is 16.4 Å². The van der Waals surface area contributed by atoms with Gasteiger partial charge in [0.05, 0.1) is 29.5 Å². The molecule has 0 N–H and O–H groups in total. The number of piperidine rings is 1. The summed E-state index contributed by atoms with van der Waals surface area (Å²) in [6.07, 6.45) is 7.13. The maximum Gasteiger partial charge on any atom is 0.236 e. The lowest BCUT2D eigenvalue weighted by Crippen LogP contribution is -2.38. The maximum atomic E-state index is 12.1. The molecule has 0 spiro atoms. The number of rotatable bonds is 2. The van der Waals surface area contributed by atoms with Crippen molar-refractivity contribution in [3.63, 3.8) is 0 Å². The summed E-state index contributed by atoms with van der Waals surface area (Å²) < 4.78 is 1.61. The summed E-state index contributed by atoms with van der Waals surface area (Å²) >= 11 is 0. The summed E-state index contributed by atoms with van der Waals surface area (Å²) in [6.45, 7) is 1.37. The Balaban J connectivity index is 1.77. The first-order chi connectivity index (χ1) is 11.8. The molecule has 1 atom stereocenters. The van der Waals surface area contributed by atoms with E-state index < -0.39 is 0 Å². The van der Waals surface area contributed by atoms with Gasteiger partial charge in [-0.25, -0.2) is 0 Å². The highest BCUT2D eigenvalue weighted by molar-refractivity contribution is 5.95. The summed E-state index contributed by atoms with van der Waals surface area (Å²) in [5.74, 6) is 0.143. The molecule has 1 fully saturated rings. The highest BCUT2D eigenvalue weighted by Gasteiger charge is 2.26. The number of amides is 1. The van der Waals surface area contributed by atoms with Crippen LogP contribution in [0.15, 0.2) is 30.7 Å². The number of aromatic nitrogens is 4. The molecule has 0 aromatic carbocycles. The second-order valence-electron chi connectivity index (χ2n) is 6.02. The topological polar surface area (TPSA) is 87.2 Å². The highest BCUT2D eigenvalue weighted by Crippen LogP contribution is 2.33. The van der Waals surface area contributed by atoms with Gasteiger partial charge in [-0.05, 0) is 30.5 Å². The minimum absolute atomic E-state index is 0.0550. The van der Waals surface area contributed by atoms with Gasteiger partial charge in [0.25, 0.3) is 0 Å². The predicted octanol–water partition coefficient (Wildman–Crippen LogP) is 1.90. The van der Waals surface area contributed by atoms with Crippen LogP contribution in [0.4, 0.5) is 0 Å². The fourth-order valence-electron chi connectivity index (χ4n) is 3.53. The smallest absolute Gasteiger partial charge is 0.236 e. The van der Waals surface area contributed by atoms with Crippen molar-refractivity contribution in [1.82, 2.24) is 24.7 Å². The molecule has 24 heavy (non-hydrogen) atoms. The minimum Gasteiger partial charge on any atom is -0.341 e. The van der Waals surface area contributed by atoms with Crippen molar-refractivity contribution in [1.29, 1.82) is 5.26 Å². The van der Waals surface area contributed by atoms with Gasteiger partial charge in [-0.15, -0.1) is 0 Å². The molecule has 1 unspecified atom stereocenters. The summed E-state index contributed by atoms with van der Waals surface area (Å²) in [5, 5.41) is 18.3. The molecule has 4 heterocycles. The van der Waals surface area contributed by atoms with Crippen LogP contribution in [0.1, 0.15) is 30.7 Å². The van der Waals surface area contributed by atoms with E-state index in [0.29, 0.717) is 6.54 Å². The number of carbonyl (C=O) groups is 1. The Morgan fingerprint density at radius 3 is 3.12 bits per heavy atom. The number of nitrogens with zero attached hydrogens (tertiary/aromatic N) is 6. The summed E-state index contributed by atoms with van der Waals surface area (Å²) in [5.41, 5.74) is 2.93. The molecule has 7 nitrogen and oxygen atoms in total. The lowest BCUT2D eigenvalue weighted by atomic mass is 9.88. The van der Waals surface area contributed by atoms with Crippen LogP contribution in [0.3, 0.4) is 0 Å². The van der Waals surface area contributed by atoms with E-state index in [9.17, 15) is 4.79 Å². The van der Waals surface area contributed by atoms with Gasteiger partial charge in [0.15, 0.2) is 0 Å². The summed E-state index contributed by atoms with van der Waals surface area (Å²) in [6, 6.07) is 5.91. The van der Waals surface area contributed by atoms with E-state index in [4.69, 9.17) is 5.26 Å². The fourth-order valence-corrected chi connectivity index (χ4v) is 3.53. The number of likely N-dealkylation sites (tertiary alicyclic amines) is 1. The van der Waals surface area contributed by atoms with Crippen molar-refractivity contribution >= 4 is 22.3 Å². The van der Waals surface area contributed by atoms with Gasteiger partial charge in [-0.2, -0.15) is 20.1 Å². The molecule has 0 bridgehead atoms. The van der Waals surface area contributed by atoms with Crippen molar-refractivity contribution < 1.29 is 4.79 Å². The Labute approximate surface area is 138 Å². The third-order valence-electron chi connectivity index (χ3n) is 4.63. The Hall–Kier alpha value is -3.01. The van der Waals surface area contributed by atoms with Crippen molar-refractivity contribution in [2.75, 3.05) is 13.1 Å². The lowest BCUT2D eigenvalue weighted by Gasteiger charge is -2.33. The molecule has 3 aromatic rings. The number of hydrogen-bond acceptors (Lipinski definition) is 5. The van der Waals surface area contributed by atoms with Crippen LogP contribution >= 0.6 is 0 Å². The van der Waals surface area contributed by atoms with Crippen molar-refractivity contribution in [3.8, 4) is 6.07 Å². The Morgan fingerprint density at radius 2 is 2.25 bits per heavy atom. The first-order valence-corrected chi connectivity index (χ1v) is 8.00. The van der Waals surface area contributed by atoms with E-state index >= 15 is 0 Å². The van der Waals surface area contributed by atoms with Crippen LogP contribution in [0, 0.1) is 11.3 Å². The standard InChI is InChI=1S/C17H16N6O/c18-6-3-16(24)22-9-1-2-12(11-22)13-4-7-19-14-10-21-23-15(17(13)14)5-8-20-23/h4-5,7-8,10,12H,1-3,9,11H2. The summed E-state index contributed by atoms with van der Waals surface area (Å²) in [7, 11) is 0.